The second kappa shape index (κ2) is 8.11. The van der Waals surface area contributed by atoms with Gasteiger partial charge in [-0.3, -0.25) is 9.59 Å². The van der Waals surface area contributed by atoms with Crippen molar-refractivity contribution in [1.29, 1.82) is 0 Å². The summed E-state index contributed by atoms with van der Waals surface area (Å²) >= 11 is 0. The van der Waals surface area contributed by atoms with Crippen molar-refractivity contribution < 1.29 is 9.59 Å². The highest BCUT2D eigenvalue weighted by Gasteiger charge is 2.51. The van der Waals surface area contributed by atoms with Gasteiger partial charge in [-0.1, -0.05) is 19.3 Å². The van der Waals surface area contributed by atoms with Crippen LogP contribution in [0, 0.1) is 29.1 Å². The SMILES string of the molecule is O=C(CC12CC3CC(CC(C3)C1)C2)Nc1ncnc2c1CCN(C(=O)C1CCCCC1)C2. The van der Waals surface area contributed by atoms with Crippen LogP contribution in [0.2, 0.25) is 0 Å². The van der Waals surface area contributed by atoms with Gasteiger partial charge in [0.25, 0.3) is 0 Å². The first-order valence-electron chi connectivity index (χ1n) is 13.0. The van der Waals surface area contributed by atoms with E-state index in [1.165, 1.54) is 57.8 Å². The van der Waals surface area contributed by atoms with Crippen molar-refractivity contribution in [3.05, 3.63) is 17.6 Å². The largest absolute Gasteiger partial charge is 0.336 e. The van der Waals surface area contributed by atoms with Crippen LogP contribution in [0.25, 0.3) is 0 Å². The van der Waals surface area contributed by atoms with Gasteiger partial charge in [0.2, 0.25) is 11.8 Å². The number of nitrogens with one attached hydrogen (secondary N) is 1. The maximum Gasteiger partial charge on any atom is 0.226 e. The topological polar surface area (TPSA) is 75.2 Å². The predicted molar refractivity (Wildman–Crippen MR) is 122 cm³/mol. The van der Waals surface area contributed by atoms with Gasteiger partial charge in [-0.15, -0.1) is 0 Å². The molecule has 2 heterocycles. The van der Waals surface area contributed by atoms with Crippen LogP contribution in [0.4, 0.5) is 5.82 Å². The molecule has 32 heavy (non-hydrogen) atoms. The maximum atomic E-state index is 13.1. The Hall–Kier alpha value is -1.98. The minimum Gasteiger partial charge on any atom is -0.336 e. The molecule has 6 aliphatic rings. The molecule has 1 aromatic heterocycles. The summed E-state index contributed by atoms with van der Waals surface area (Å²) in [6, 6.07) is 0. The monoisotopic (exact) mass is 436 g/mol. The number of carbonyl (C=O) groups is 2. The Morgan fingerprint density at radius 2 is 1.69 bits per heavy atom. The van der Waals surface area contributed by atoms with E-state index in [0.717, 1.165) is 48.3 Å². The van der Waals surface area contributed by atoms with E-state index in [0.29, 0.717) is 31.2 Å². The van der Waals surface area contributed by atoms with Crippen LogP contribution in [0.3, 0.4) is 0 Å². The lowest BCUT2D eigenvalue weighted by Crippen LogP contribution is -2.47. The fraction of sp³-hybridized carbons (Fsp3) is 0.769. The molecule has 0 aromatic carbocycles. The second-order valence-electron chi connectivity index (χ2n) is 11.6. The number of fused-ring (bicyclic) bond motifs is 1. The Bertz CT molecular complexity index is 872. The molecule has 7 rings (SSSR count). The highest BCUT2D eigenvalue weighted by Crippen LogP contribution is 2.61. The first-order chi connectivity index (χ1) is 15.6. The molecule has 0 radical (unpaired) electrons. The number of aromatic nitrogens is 2. The Morgan fingerprint density at radius 3 is 2.38 bits per heavy atom. The van der Waals surface area contributed by atoms with E-state index in [4.69, 9.17) is 0 Å². The van der Waals surface area contributed by atoms with Gasteiger partial charge in [0, 0.05) is 24.4 Å². The maximum absolute atomic E-state index is 13.1. The summed E-state index contributed by atoms with van der Waals surface area (Å²) < 4.78 is 0. The standard InChI is InChI=1S/C26H36N4O2/c31-23(14-26-11-17-8-18(12-26)10-19(9-17)13-26)29-24-21-6-7-30(15-22(21)27-16-28-24)25(32)20-4-2-1-3-5-20/h16-20H,1-15H2,(H,27,28,29,31). The van der Waals surface area contributed by atoms with Crippen LogP contribution < -0.4 is 5.32 Å². The van der Waals surface area contributed by atoms with Gasteiger partial charge in [-0.25, -0.2) is 9.97 Å². The molecule has 1 aliphatic heterocycles. The van der Waals surface area contributed by atoms with Gasteiger partial charge in [-0.2, -0.15) is 0 Å². The molecule has 172 valence electrons. The lowest BCUT2D eigenvalue weighted by Gasteiger charge is -2.56. The molecular weight excluding hydrogens is 400 g/mol. The van der Waals surface area contributed by atoms with Crippen LogP contribution in [0.15, 0.2) is 6.33 Å². The van der Waals surface area contributed by atoms with Crippen LogP contribution >= 0.6 is 0 Å². The minimum absolute atomic E-state index is 0.119. The molecule has 0 atom stereocenters. The molecule has 1 N–H and O–H groups in total. The third kappa shape index (κ3) is 3.84. The predicted octanol–water partition coefficient (Wildman–Crippen LogP) is 4.49. The number of rotatable bonds is 4. The Kier molecular flexibility index (Phi) is 5.22. The molecular formula is C26H36N4O2. The number of nitrogens with zero attached hydrogens (tertiary/aromatic N) is 3. The molecule has 6 heteroatoms. The lowest BCUT2D eigenvalue weighted by atomic mass is 9.49. The molecule has 1 aromatic rings. The van der Waals surface area contributed by atoms with Crippen molar-refractivity contribution in [3.8, 4) is 0 Å². The van der Waals surface area contributed by atoms with Gasteiger partial charge in [0.05, 0.1) is 12.2 Å². The van der Waals surface area contributed by atoms with E-state index in [1.807, 2.05) is 4.90 Å². The minimum atomic E-state index is 0.119. The number of anilines is 1. The number of amides is 2. The zero-order chi connectivity index (χ0) is 21.7. The first kappa shape index (κ1) is 20.6. The second-order valence-corrected chi connectivity index (χ2v) is 11.6. The summed E-state index contributed by atoms with van der Waals surface area (Å²) in [6.07, 6.45) is 16.5. The van der Waals surface area contributed by atoms with Crippen molar-refractivity contribution in [1.82, 2.24) is 14.9 Å². The zero-order valence-corrected chi connectivity index (χ0v) is 19.2. The molecule has 5 saturated carbocycles. The summed E-state index contributed by atoms with van der Waals surface area (Å²) in [4.78, 5) is 37.0. The highest BCUT2D eigenvalue weighted by molar-refractivity contribution is 5.91. The van der Waals surface area contributed by atoms with Gasteiger partial charge >= 0.3 is 0 Å². The number of hydrogen-bond acceptors (Lipinski definition) is 4. The first-order valence-corrected chi connectivity index (χ1v) is 13.0. The number of carbonyl (C=O) groups excluding carboxylic acids is 2. The van der Waals surface area contributed by atoms with Gasteiger partial charge in [0.1, 0.15) is 12.1 Å². The molecule has 4 bridgehead atoms. The lowest BCUT2D eigenvalue weighted by molar-refractivity contribution is -0.137. The average molecular weight is 437 g/mol. The molecule has 0 spiro atoms. The molecule has 5 fully saturated rings. The summed E-state index contributed by atoms with van der Waals surface area (Å²) in [5.74, 6) is 3.84. The van der Waals surface area contributed by atoms with Crippen LogP contribution in [0.5, 0.6) is 0 Å². The smallest absolute Gasteiger partial charge is 0.226 e. The van der Waals surface area contributed by atoms with Gasteiger partial charge in [-0.05, 0) is 81.0 Å². The van der Waals surface area contributed by atoms with E-state index in [9.17, 15) is 9.59 Å². The van der Waals surface area contributed by atoms with Crippen LogP contribution in [0.1, 0.15) is 88.3 Å². The molecule has 0 unspecified atom stereocenters. The molecule has 5 aliphatic carbocycles. The van der Waals surface area contributed by atoms with E-state index >= 15 is 0 Å². The summed E-state index contributed by atoms with van der Waals surface area (Å²) in [5.41, 5.74) is 2.16. The Labute approximate surface area is 191 Å². The van der Waals surface area contributed by atoms with Crippen molar-refractivity contribution in [3.63, 3.8) is 0 Å². The quantitative estimate of drug-likeness (QED) is 0.755. The van der Waals surface area contributed by atoms with Crippen molar-refractivity contribution in [2.45, 2.75) is 90.0 Å². The van der Waals surface area contributed by atoms with Crippen LogP contribution in [-0.4, -0.2) is 33.2 Å². The third-order valence-electron chi connectivity index (χ3n) is 9.23. The van der Waals surface area contributed by atoms with E-state index in [1.54, 1.807) is 6.33 Å². The fourth-order valence-electron chi connectivity index (χ4n) is 8.28. The molecule has 0 saturated heterocycles. The van der Waals surface area contributed by atoms with E-state index in [-0.39, 0.29) is 17.2 Å². The zero-order valence-electron chi connectivity index (χ0n) is 19.2. The van der Waals surface area contributed by atoms with Crippen molar-refractivity contribution in [2.75, 3.05) is 11.9 Å². The highest BCUT2D eigenvalue weighted by atomic mass is 16.2. The fourth-order valence-corrected chi connectivity index (χ4v) is 8.28. The third-order valence-corrected chi connectivity index (χ3v) is 9.23. The van der Waals surface area contributed by atoms with Gasteiger partial charge < -0.3 is 10.2 Å². The normalized spacial score (nSPS) is 33.8. The molecule has 2 amide bonds. The number of hydrogen-bond donors (Lipinski definition) is 1. The van der Waals surface area contributed by atoms with Gasteiger partial charge in [0.15, 0.2) is 0 Å². The Balaban J connectivity index is 1.12. The summed E-state index contributed by atoms with van der Waals surface area (Å²) in [6.45, 7) is 1.25. The van der Waals surface area contributed by atoms with Crippen molar-refractivity contribution >= 4 is 17.6 Å². The van der Waals surface area contributed by atoms with E-state index < -0.39 is 0 Å². The van der Waals surface area contributed by atoms with E-state index in [2.05, 4.69) is 15.3 Å². The Morgan fingerprint density at radius 1 is 1.00 bits per heavy atom. The summed E-state index contributed by atoms with van der Waals surface area (Å²) in [5, 5.41) is 3.16. The van der Waals surface area contributed by atoms with Crippen LogP contribution in [-0.2, 0) is 22.6 Å². The molecule has 6 nitrogen and oxygen atoms in total. The average Bonchev–Trinajstić information content (AvgIpc) is 2.77. The van der Waals surface area contributed by atoms with Crippen molar-refractivity contribution in [2.24, 2.45) is 29.1 Å². The summed E-state index contributed by atoms with van der Waals surface area (Å²) in [7, 11) is 0.